The maximum atomic E-state index is 12.0. The fraction of sp³-hybridized carbons (Fsp3) is 0.846. The normalized spacial score (nSPS) is 10.5. The second-order valence-electron chi connectivity index (χ2n) is 4.58. The highest BCUT2D eigenvalue weighted by Gasteiger charge is 2.18. The van der Waals surface area contributed by atoms with Crippen LogP contribution in [0.3, 0.4) is 0 Å². The molecule has 0 saturated carbocycles. The van der Waals surface area contributed by atoms with Gasteiger partial charge in [-0.3, -0.25) is 9.59 Å². The topological polar surface area (TPSA) is 58.6 Å². The van der Waals surface area contributed by atoms with E-state index in [1.165, 1.54) is 0 Å². The van der Waals surface area contributed by atoms with Crippen LogP contribution in [0.25, 0.3) is 0 Å². The highest BCUT2D eigenvalue weighted by Crippen LogP contribution is 2.02. The van der Waals surface area contributed by atoms with Crippen LogP contribution in [-0.4, -0.2) is 49.6 Å². The summed E-state index contributed by atoms with van der Waals surface area (Å²) in [5.41, 5.74) is 0. The Morgan fingerprint density at radius 1 is 1.28 bits per heavy atom. The summed E-state index contributed by atoms with van der Waals surface area (Å²) in [6.45, 7) is 10.3. The lowest BCUT2D eigenvalue weighted by molar-refractivity contribution is -0.149. The maximum absolute atomic E-state index is 12.0. The van der Waals surface area contributed by atoms with Crippen molar-refractivity contribution >= 4 is 11.9 Å². The standard InChI is InChI=1S/C13H26N2O3/c1-5-14-8-7-12(16)15(9-11(3)4)10-13(17)18-6-2/h11,14H,5-10H2,1-4H3. The summed E-state index contributed by atoms with van der Waals surface area (Å²) in [4.78, 5) is 25.0. The molecule has 0 heterocycles. The van der Waals surface area contributed by atoms with Crippen molar-refractivity contribution in [3.05, 3.63) is 0 Å². The third-order valence-corrected chi connectivity index (χ3v) is 2.33. The first-order valence-electron chi connectivity index (χ1n) is 6.65. The van der Waals surface area contributed by atoms with Crippen molar-refractivity contribution in [3.8, 4) is 0 Å². The molecular weight excluding hydrogens is 232 g/mol. The first-order valence-corrected chi connectivity index (χ1v) is 6.65. The van der Waals surface area contributed by atoms with Crippen molar-refractivity contribution in [2.45, 2.75) is 34.1 Å². The van der Waals surface area contributed by atoms with Crippen molar-refractivity contribution in [1.29, 1.82) is 0 Å². The number of amides is 1. The Morgan fingerprint density at radius 2 is 1.94 bits per heavy atom. The molecule has 0 spiro atoms. The number of ether oxygens (including phenoxy) is 1. The number of hydrogen-bond acceptors (Lipinski definition) is 4. The van der Waals surface area contributed by atoms with E-state index >= 15 is 0 Å². The molecule has 0 aliphatic carbocycles. The molecule has 0 saturated heterocycles. The van der Waals surface area contributed by atoms with Crippen LogP contribution in [0.1, 0.15) is 34.1 Å². The van der Waals surface area contributed by atoms with Gasteiger partial charge in [0.25, 0.3) is 0 Å². The van der Waals surface area contributed by atoms with E-state index in [0.717, 1.165) is 6.54 Å². The number of carbonyl (C=O) groups excluding carboxylic acids is 2. The lowest BCUT2D eigenvalue weighted by Gasteiger charge is -2.23. The summed E-state index contributed by atoms with van der Waals surface area (Å²) < 4.78 is 4.88. The third-order valence-electron chi connectivity index (χ3n) is 2.33. The summed E-state index contributed by atoms with van der Waals surface area (Å²) in [6, 6.07) is 0. The second kappa shape index (κ2) is 9.88. The molecule has 5 heteroatoms. The van der Waals surface area contributed by atoms with Crippen LogP contribution < -0.4 is 5.32 Å². The molecule has 106 valence electrons. The van der Waals surface area contributed by atoms with Crippen molar-refractivity contribution in [3.63, 3.8) is 0 Å². The van der Waals surface area contributed by atoms with Crippen molar-refractivity contribution in [1.82, 2.24) is 10.2 Å². The maximum Gasteiger partial charge on any atom is 0.325 e. The van der Waals surface area contributed by atoms with E-state index < -0.39 is 0 Å². The summed E-state index contributed by atoms with van der Waals surface area (Å²) >= 11 is 0. The average Bonchev–Trinajstić information content (AvgIpc) is 2.28. The molecule has 5 nitrogen and oxygen atoms in total. The number of esters is 1. The van der Waals surface area contributed by atoms with Gasteiger partial charge in [0.2, 0.25) is 5.91 Å². The van der Waals surface area contributed by atoms with Crippen LogP contribution in [0.2, 0.25) is 0 Å². The van der Waals surface area contributed by atoms with E-state index in [0.29, 0.717) is 32.0 Å². The van der Waals surface area contributed by atoms with Gasteiger partial charge in [-0.05, 0) is 19.4 Å². The predicted octanol–water partition coefficient (Wildman–Crippen LogP) is 1.03. The number of hydrogen-bond donors (Lipinski definition) is 1. The van der Waals surface area contributed by atoms with Gasteiger partial charge < -0.3 is 15.0 Å². The van der Waals surface area contributed by atoms with Gasteiger partial charge in [-0.25, -0.2) is 0 Å². The molecule has 0 atom stereocenters. The van der Waals surface area contributed by atoms with Crippen LogP contribution in [0.4, 0.5) is 0 Å². The lowest BCUT2D eigenvalue weighted by atomic mass is 10.2. The SMILES string of the molecule is CCNCCC(=O)N(CC(=O)OCC)CC(C)C. The molecule has 0 bridgehead atoms. The number of carbonyl (C=O) groups is 2. The highest BCUT2D eigenvalue weighted by atomic mass is 16.5. The summed E-state index contributed by atoms with van der Waals surface area (Å²) in [5, 5.41) is 3.10. The molecule has 0 unspecified atom stereocenters. The Labute approximate surface area is 110 Å². The molecule has 0 fully saturated rings. The summed E-state index contributed by atoms with van der Waals surface area (Å²) in [7, 11) is 0. The monoisotopic (exact) mass is 258 g/mol. The number of rotatable bonds is 9. The Bertz CT molecular complexity index is 255. The smallest absolute Gasteiger partial charge is 0.325 e. The fourth-order valence-corrected chi connectivity index (χ4v) is 1.59. The quantitative estimate of drug-likeness (QED) is 0.496. The van der Waals surface area contributed by atoms with E-state index in [-0.39, 0.29) is 18.4 Å². The third kappa shape index (κ3) is 8.06. The van der Waals surface area contributed by atoms with E-state index in [2.05, 4.69) is 5.32 Å². The molecule has 0 aromatic heterocycles. The average molecular weight is 258 g/mol. The molecule has 0 aliphatic rings. The predicted molar refractivity (Wildman–Crippen MR) is 71.2 cm³/mol. The zero-order valence-electron chi connectivity index (χ0n) is 12.0. The van der Waals surface area contributed by atoms with Gasteiger partial charge in [0, 0.05) is 19.5 Å². The van der Waals surface area contributed by atoms with Crippen LogP contribution in [0, 0.1) is 5.92 Å². The van der Waals surface area contributed by atoms with E-state index in [1.807, 2.05) is 20.8 Å². The van der Waals surface area contributed by atoms with Crippen LogP contribution >= 0.6 is 0 Å². The minimum atomic E-state index is -0.338. The van der Waals surface area contributed by atoms with E-state index in [1.54, 1.807) is 11.8 Å². The van der Waals surface area contributed by atoms with Crippen LogP contribution in [0.15, 0.2) is 0 Å². The Hall–Kier alpha value is -1.10. The Balaban J connectivity index is 4.28. The molecular formula is C13H26N2O3. The highest BCUT2D eigenvalue weighted by molar-refractivity contribution is 5.82. The van der Waals surface area contributed by atoms with E-state index in [9.17, 15) is 9.59 Å². The Morgan fingerprint density at radius 3 is 2.44 bits per heavy atom. The molecule has 0 radical (unpaired) electrons. The van der Waals surface area contributed by atoms with Crippen molar-refractivity contribution < 1.29 is 14.3 Å². The first kappa shape index (κ1) is 16.9. The summed E-state index contributed by atoms with van der Waals surface area (Å²) in [6.07, 6.45) is 0.417. The largest absolute Gasteiger partial charge is 0.465 e. The fourth-order valence-electron chi connectivity index (χ4n) is 1.59. The first-order chi connectivity index (χ1) is 8.51. The lowest BCUT2D eigenvalue weighted by Crippen LogP contribution is -2.40. The van der Waals surface area contributed by atoms with E-state index in [4.69, 9.17) is 4.74 Å². The zero-order chi connectivity index (χ0) is 14.0. The molecule has 0 aliphatic heterocycles. The van der Waals surface area contributed by atoms with Gasteiger partial charge in [0.05, 0.1) is 6.61 Å². The van der Waals surface area contributed by atoms with Crippen LogP contribution in [-0.2, 0) is 14.3 Å². The molecule has 0 rings (SSSR count). The molecule has 18 heavy (non-hydrogen) atoms. The molecule has 0 aromatic rings. The number of nitrogens with zero attached hydrogens (tertiary/aromatic N) is 1. The van der Waals surface area contributed by atoms with Gasteiger partial charge >= 0.3 is 5.97 Å². The molecule has 1 amide bonds. The van der Waals surface area contributed by atoms with Crippen molar-refractivity contribution in [2.24, 2.45) is 5.92 Å². The molecule has 1 N–H and O–H groups in total. The number of nitrogens with one attached hydrogen (secondary N) is 1. The summed E-state index contributed by atoms with van der Waals surface area (Å²) in [5.74, 6) is -0.00448. The minimum Gasteiger partial charge on any atom is -0.465 e. The Kier molecular flexibility index (Phi) is 9.28. The van der Waals surface area contributed by atoms with Gasteiger partial charge in [-0.2, -0.15) is 0 Å². The van der Waals surface area contributed by atoms with Crippen LogP contribution in [0.5, 0.6) is 0 Å². The van der Waals surface area contributed by atoms with Gasteiger partial charge in [-0.15, -0.1) is 0 Å². The van der Waals surface area contributed by atoms with Crippen molar-refractivity contribution in [2.75, 3.05) is 32.8 Å². The van der Waals surface area contributed by atoms with Gasteiger partial charge in [0.1, 0.15) is 6.54 Å². The van der Waals surface area contributed by atoms with Gasteiger partial charge in [-0.1, -0.05) is 20.8 Å². The zero-order valence-corrected chi connectivity index (χ0v) is 12.0. The molecule has 0 aromatic carbocycles. The second-order valence-corrected chi connectivity index (χ2v) is 4.58. The van der Waals surface area contributed by atoms with Gasteiger partial charge in [0.15, 0.2) is 0 Å². The minimum absolute atomic E-state index is 0.00213.